The summed E-state index contributed by atoms with van der Waals surface area (Å²) >= 11 is 0. The highest BCUT2D eigenvalue weighted by molar-refractivity contribution is 5.83. The quantitative estimate of drug-likeness (QED) is 0.429. The van der Waals surface area contributed by atoms with Crippen LogP contribution in [0.5, 0.6) is 5.75 Å². The Morgan fingerprint density at radius 2 is 2.03 bits per heavy atom. The minimum Gasteiger partial charge on any atom is -0.487 e. The molecule has 0 saturated heterocycles. The van der Waals surface area contributed by atoms with Crippen molar-refractivity contribution < 1.29 is 9.84 Å². The van der Waals surface area contributed by atoms with Crippen molar-refractivity contribution in [1.29, 1.82) is 0 Å². The van der Waals surface area contributed by atoms with E-state index in [2.05, 4.69) is 69.7 Å². The third kappa shape index (κ3) is 4.07. The molecular formula is C25H26N4O2. The number of para-hydroxylation sites is 1. The Morgan fingerprint density at radius 1 is 1.16 bits per heavy atom. The first-order valence-corrected chi connectivity index (χ1v) is 10.6. The van der Waals surface area contributed by atoms with Crippen LogP contribution >= 0.6 is 0 Å². The first-order valence-electron chi connectivity index (χ1n) is 10.6. The SMILES string of the molecule is C[C@@H]1CN(CCc2c[nH]c3ccccc23)c2ccc(Nc3ccnc(CO)c3)cc2O1. The molecule has 5 rings (SSSR count). The van der Waals surface area contributed by atoms with Crippen LogP contribution in [-0.2, 0) is 13.0 Å². The summed E-state index contributed by atoms with van der Waals surface area (Å²) in [5.41, 5.74) is 6.11. The number of nitrogens with one attached hydrogen (secondary N) is 2. The number of benzene rings is 2. The monoisotopic (exact) mass is 414 g/mol. The molecule has 0 bridgehead atoms. The van der Waals surface area contributed by atoms with E-state index < -0.39 is 0 Å². The fourth-order valence-corrected chi connectivity index (χ4v) is 4.22. The number of ether oxygens (including phenoxy) is 1. The zero-order valence-electron chi connectivity index (χ0n) is 17.5. The molecule has 3 N–H and O–H groups in total. The second kappa shape index (κ2) is 8.32. The lowest BCUT2D eigenvalue weighted by Gasteiger charge is -2.35. The van der Waals surface area contributed by atoms with Crippen molar-refractivity contribution in [1.82, 2.24) is 9.97 Å². The van der Waals surface area contributed by atoms with Crippen LogP contribution in [0.3, 0.4) is 0 Å². The minimum atomic E-state index is -0.0777. The number of aliphatic hydroxyl groups excluding tert-OH is 1. The average Bonchev–Trinajstić information content (AvgIpc) is 3.20. The van der Waals surface area contributed by atoms with Gasteiger partial charge in [-0.1, -0.05) is 18.2 Å². The van der Waals surface area contributed by atoms with Crippen molar-refractivity contribution >= 4 is 28.0 Å². The molecule has 6 heteroatoms. The van der Waals surface area contributed by atoms with Gasteiger partial charge in [0.05, 0.1) is 24.5 Å². The Morgan fingerprint density at radius 3 is 2.94 bits per heavy atom. The van der Waals surface area contributed by atoms with E-state index in [1.807, 2.05) is 18.2 Å². The van der Waals surface area contributed by atoms with Crippen LogP contribution < -0.4 is 15.0 Å². The predicted molar refractivity (Wildman–Crippen MR) is 124 cm³/mol. The molecule has 0 fully saturated rings. The Kier molecular flexibility index (Phi) is 5.22. The van der Waals surface area contributed by atoms with Gasteiger partial charge in [0.25, 0.3) is 0 Å². The topological polar surface area (TPSA) is 73.4 Å². The molecular weight excluding hydrogens is 388 g/mol. The number of pyridine rings is 1. The third-order valence-corrected chi connectivity index (χ3v) is 5.70. The van der Waals surface area contributed by atoms with Crippen molar-refractivity contribution in [2.24, 2.45) is 0 Å². The molecule has 31 heavy (non-hydrogen) atoms. The Bertz CT molecular complexity index is 1200. The molecule has 6 nitrogen and oxygen atoms in total. The van der Waals surface area contributed by atoms with Gasteiger partial charge in [0.1, 0.15) is 11.9 Å². The van der Waals surface area contributed by atoms with Gasteiger partial charge in [-0.3, -0.25) is 4.98 Å². The van der Waals surface area contributed by atoms with Gasteiger partial charge in [-0.05, 0) is 49.2 Å². The van der Waals surface area contributed by atoms with Crippen molar-refractivity contribution in [3.8, 4) is 5.75 Å². The highest BCUT2D eigenvalue weighted by Gasteiger charge is 2.23. The summed E-state index contributed by atoms with van der Waals surface area (Å²) in [6, 6.07) is 18.4. The van der Waals surface area contributed by atoms with Crippen LogP contribution in [-0.4, -0.2) is 34.3 Å². The second-order valence-electron chi connectivity index (χ2n) is 7.99. The summed E-state index contributed by atoms with van der Waals surface area (Å²) in [4.78, 5) is 9.91. The van der Waals surface area contributed by atoms with Crippen LogP contribution in [0.4, 0.5) is 17.1 Å². The fraction of sp³-hybridized carbons (Fsp3) is 0.240. The Labute approximate surface area is 181 Å². The van der Waals surface area contributed by atoms with Gasteiger partial charge in [-0.2, -0.15) is 0 Å². The Balaban J connectivity index is 1.34. The zero-order chi connectivity index (χ0) is 21.2. The first kappa shape index (κ1) is 19.5. The molecule has 0 aliphatic carbocycles. The molecule has 158 valence electrons. The van der Waals surface area contributed by atoms with E-state index >= 15 is 0 Å². The number of anilines is 3. The molecule has 3 heterocycles. The number of hydrogen-bond acceptors (Lipinski definition) is 5. The third-order valence-electron chi connectivity index (χ3n) is 5.70. The number of hydrogen-bond donors (Lipinski definition) is 3. The lowest BCUT2D eigenvalue weighted by Crippen LogP contribution is -2.39. The predicted octanol–water partition coefficient (Wildman–Crippen LogP) is 4.63. The smallest absolute Gasteiger partial charge is 0.145 e. The van der Waals surface area contributed by atoms with Crippen LogP contribution in [0.2, 0.25) is 0 Å². The van der Waals surface area contributed by atoms with E-state index in [0.29, 0.717) is 5.69 Å². The summed E-state index contributed by atoms with van der Waals surface area (Å²) in [6.45, 7) is 3.83. The van der Waals surface area contributed by atoms with E-state index in [-0.39, 0.29) is 12.7 Å². The van der Waals surface area contributed by atoms with E-state index in [1.165, 1.54) is 16.5 Å². The lowest BCUT2D eigenvalue weighted by atomic mass is 10.1. The first-order chi connectivity index (χ1) is 15.2. The molecule has 0 amide bonds. The van der Waals surface area contributed by atoms with Crippen LogP contribution in [0, 0.1) is 0 Å². The van der Waals surface area contributed by atoms with E-state index in [1.54, 1.807) is 6.20 Å². The van der Waals surface area contributed by atoms with Gasteiger partial charge in [0.2, 0.25) is 0 Å². The van der Waals surface area contributed by atoms with E-state index in [4.69, 9.17) is 4.74 Å². The number of H-pyrrole nitrogens is 1. The van der Waals surface area contributed by atoms with Crippen molar-refractivity contribution in [2.75, 3.05) is 23.3 Å². The fourth-order valence-electron chi connectivity index (χ4n) is 4.22. The second-order valence-corrected chi connectivity index (χ2v) is 7.99. The summed E-state index contributed by atoms with van der Waals surface area (Å²) in [7, 11) is 0. The molecule has 0 unspecified atom stereocenters. The summed E-state index contributed by atoms with van der Waals surface area (Å²) in [5, 5.41) is 14.0. The van der Waals surface area contributed by atoms with E-state index in [0.717, 1.165) is 42.3 Å². The maximum absolute atomic E-state index is 9.30. The normalized spacial score (nSPS) is 15.5. The standard InChI is InChI=1S/C25H26N4O2/c1-17-15-29(11-9-18-14-27-23-5-3-2-4-22(18)23)24-7-6-19(13-25(24)31-17)28-20-8-10-26-21(12-20)16-30/h2-8,10,12-14,17,27,30H,9,11,15-16H2,1H3,(H,26,28)/t17-/m1/s1. The molecule has 1 aliphatic heterocycles. The van der Waals surface area contributed by atoms with Gasteiger partial charge in [-0.25, -0.2) is 0 Å². The van der Waals surface area contributed by atoms with Crippen LogP contribution in [0.1, 0.15) is 18.2 Å². The number of aliphatic hydroxyl groups is 1. The summed E-state index contributed by atoms with van der Waals surface area (Å²) in [6.07, 6.45) is 4.90. The minimum absolute atomic E-state index is 0.0777. The van der Waals surface area contributed by atoms with Crippen LogP contribution in [0.15, 0.2) is 67.0 Å². The maximum Gasteiger partial charge on any atom is 0.145 e. The zero-order valence-corrected chi connectivity index (χ0v) is 17.5. The number of rotatable bonds is 6. The molecule has 1 atom stereocenters. The van der Waals surface area contributed by atoms with Crippen LogP contribution in [0.25, 0.3) is 10.9 Å². The van der Waals surface area contributed by atoms with Gasteiger partial charge in [0, 0.05) is 47.3 Å². The lowest BCUT2D eigenvalue weighted by molar-refractivity contribution is 0.213. The van der Waals surface area contributed by atoms with Crippen molar-refractivity contribution in [3.63, 3.8) is 0 Å². The molecule has 0 spiro atoms. The van der Waals surface area contributed by atoms with Gasteiger partial charge in [-0.15, -0.1) is 0 Å². The molecule has 0 radical (unpaired) electrons. The van der Waals surface area contributed by atoms with E-state index in [9.17, 15) is 5.11 Å². The maximum atomic E-state index is 9.30. The van der Waals surface area contributed by atoms with Gasteiger partial charge < -0.3 is 25.0 Å². The summed E-state index contributed by atoms with van der Waals surface area (Å²) < 4.78 is 6.15. The van der Waals surface area contributed by atoms with Crippen molar-refractivity contribution in [3.05, 3.63) is 78.2 Å². The molecule has 2 aromatic heterocycles. The average molecular weight is 415 g/mol. The molecule has 0 saturated carbocycles. The number of aromatic amines is 1. The van der Waals surface area contributed by atoms with Gasteiger partial charge >= 0.3 is 0 Å². The van der Waals surface area contributed by atoms with Gasteiger partial charge in [0.15, 0.2) is 0 Å². The van der Waals surface area contributed by atoms with Crippen molar-refractivity contribution in [2.45, 2.75) is 26.1 Å². The molecule has 2 aromatic carbocycles. The summed E-state index contributed by atoms with van der Waals surface area (Å²) in [5.74, 6) is 0.888. The molecule has 4 aromatic rings. The largest absolute Gasteiger partial charge is 0.487 e. The Hall–Kier alpha value is -3.51. The number of nitrogens with zero attached hydrogens (tertiary/aromatic N) is 2. The molecule has 1 aliphatic rings. The highest BCUT2D eigenvalue weighted by Crippen LogP contribution is 2.36. The highest BCUT2D eigenvalue weighted by atomic mass is 16.5. The number of aromatic nitrogens is 2. The number of fused-ring (bicyclic) bond motifs is 2.